The van der Waals surface area contributed by atoms with Gasteiger partial charge in [0.2, 0.25) is 16.0 Å². The average molecular weight is 480 g/mol. The predicted octanol–water partition coefficient (Wildman–Crippen LogP) is 1.33. The maximum Gasteiger partial charge on any atom is 0.229 e. The van der Waals surface area contributed by atoms with Gasteiger partial charge >= 0.3 is 0 Å². The molecule has 5 heterocycles. The first-order valence-electron chi connectivity index (χ1n) is 10.4. The Hall–Kier alpha value is -3.97. The van der Waals surface area contributed by atoms with E-state index < -0.39 is 10.0 Å². The Kier molecular flexibility index (Phi) is 5.63. The number of anilines is 3. The zero-order valence-corrected chi connectivity index (χ0v) is 19.0. The smallest absolute Gasteiger partial charge is 0.229 e. The monoisotopic (exact) mass is 479 g/mol. The second-order valence-electron chi connectivity index (χ2n) is 7.73. The fraction of sp³-hybridized carbons (Fsp3) is 0.238. The minimum Gasteiger partial charge on any atom is -0.378 e. The van der Waals surface area contributed by atoms with E-state index in [1.165, 1.54) is 6.20 Å². The van der Waals surface area contributed by atoms with Crippen molar-refractivity contribution in [3.8, 4) is 22.5 Å². The number of nitrogens with one attached hydrogen (secondary N) is 1. The molecule has 0 spiro atoms. The molecule has 0 radical (unpaired) electrons. The molecular formula is C21H21N9O3S. The lowest BCUT2D eigenvalue weighted by atomic mass is 10.1. The molecule has 1 fully saturated rings. The minimum absolute atomic E-state index is 0.164. The first-order chi connectivity index (χ1) is 16.4. The number of morpholine rings is 1. The van der Waals surface area contributed by atoms with Crippen molar-refractivity contribution in [3.05, 3.63) is 43.1 Å². The third-order valence-electron chi connectivity index (χ3n) is 5.13. The van der Waals surface area contributed by atoms with Crippen molar-refractivity contribution in [2.75, 3.05) is 47.9 Å². The highest BCUT2D eigenvalue weighted by Crippen LogP contribution is 2.30. The molecular weight excluding hydrogens is 458 g/mol. The number of hydrogen-bond donors (Lipinski definition) is 2. The third-order valence-corrected chi connectivity index (χ3v) is 5.74. The van der Waals surface area contributed by atoms with Gasteiger partial charge in [-0.2, -0.15) is 0 Å². The normalized spacial score (nSPS) is 14.3. The first kappa shape index (κ1) is 21.9. The van der Waals surface area contributed by atoms with Crippen molar-refractivity contribution in [3.63, 3.8) is 0 Å². The van der Waals surface area contributed by atoms with Crippen LogP contribution in [0.15, 0.2) is 43.1 Å². The summed E-state index contributed by atoms with van der Waals surface area (Å²) >= 11 is 0. The number of sulfonamides is 1. The third kappa shape index (κ3) is 4.70. The summed E-state index contributed by atoms with van der Waals surface area (Å²) < 4.78 is 31.1. The lowest BCUT2D eigenvalue weighted by Gasteiger charge is -2.28. The van der Waals surface area contributed by atoms with E-state index in [1.807, 2.05) is 6.07 Å². The van der Waals surface area contributed by atoms with Crippen LogP contribution in [0.3, 0.4) is 0 Å². The van der Waals surface area contributed by atoms with Gasteiger partial charge in [-0.15, -0.1) is 0 Å². The molecule has 1 saturated heterocycles. The fourth-order valence-electron chi connectivity index (χ4n) is 3.61. The van der Waals surface area contributed by atoms with Crippen LogP contribution in [0, 0.1) is 0 Å². The van der Waals surface area contributed by atoms with Crippen LogP contribution in [-0.4, -0.2) is 70.9 Å². The fourth-order valence-corrected chi connectivity index (χ4v) is 4.15. The van der Waals surface area contributed by atoms with Crippen molar-refractivity contribution in [2.45, 2.75) is 0 Å². The number of fused-ring (bicyclic) bond motifs is 1. The molecule has 0 amide bonds. The van der Waals surface area contributed by atoms with Crippen molar-refractivity contribution in [1.29, 1.82) is 0 Å². The van der Waals surface area contributed by atoms with Gasteiger partial charge in [0.05, 0.1) is 42.4 Å². The Labute approximate surface area is 195 Å². The van der Waals surface area contributed by atoms with Gasteiger partial charge in [-0.3, -0.25) is 14.7 Å². The van der Waals surface area contributed by atoms with Crippen LogP contribution in [-0.2, 0) is 14.8 Å². The summed E-state index contributed by atoms with van der Waals surface area (Å²) in [6.45, 7) is 2.54. The molecule has 3 N–H and O–H groups in total. The van der Waals surface area contributed by atoms with E-state index in [1.54, 1.807) is 30.9 Å². The molecule has 0 saturated carbocycles. The number of aromatic nitrogens is 6. The van der Waals surface area contributed by atoms with Crippen LogP contribution >= 0.6 is 0 Å². The highest BCUT2D eigenvalue weighted by molar-refractivity contribution is 7.92. The molecule has 5 rings (SSSR count). The summed E-state index contributed by atoms with van der Waals surface area (Å²) in [5.74, 6) is 1.30. The molecule has 0 aliphatic carbocycles. The van der Waals surface area contributed by atoms with Crippen molar-refractivity contribution >= 4 is 38.5 Å². The molecule has 0 unspecified atom stereocenters. The number of rotatable bonds is 5. The van der Waals surface area contributed by atoms with Crippen molar-refractivity contribution in [2.24, 2.45) is 0 Å². The van der Waals surface area contributed by atoms with Gasteiger partial charge in [0.1, 0.15) is 5.52 Å². The van der Waals surface area contributed by atoms with E-state index in [0.717, 1.165) is 11.8 Å². The summed E-state index contributed by atoms with van der Waals surface area (Å²) in [6, 6.07) is 3.56. The van der Waals surface area contributed by atoms with E-state index in [4.69, 9.17) is 20.4 Å². The Morgan fingerprint density at radius 3 is 2.38 bits per heavy atom. The van der Waals surface area contributed by atoms with Crippen LogP contribution in [0.4, 0.5) is 17.5 Å². The van der Waals surface area contributed by atoms with Gasteiger partial charge in [-0.1, -0.05) is 0 Å². The summed E-state index contributed by atoms with van der Waals surface area (Å²) in [5.41, 5.74) is 9.28. The highest BCUT2D eigenvalue weighted by Gasteiger charge is 2.20. The van der Waals surface area contributed by atoms with Crippen LogP contribution in [0.2, 0.25) is 0 Å². The summed E-state index contributed by atoms with van der Waals surface area (Å²) in [6.07, 6.45) is 9.01. The largest absolute Gasteiger partial charge is 0.378 e. The van der Waals surface area contributed by atoms with E-state index in [0.29, 0.717) is 65.8 Å². The number of hydrogen-bond acceptors (Lipinski definition) is 11. The standard InChI is InChI=1S/C21H21N9O3S/c1-34(31,32)29-16-6-13(8-23-12-16)14-7-17-18(24-9-14)20(30-2-4-33-5-3-30)28-19(27-17)15-10-25-21(22)26-11-15/h6-12,29H,2-5H2,1H3,(H2,22,25,26). The molecule has 34 heavy (non-hydrogen) atoms. The Bertz CT molecular complexity index is 1460. The zero-order chi connectivity index (χ0) is 23.7. The Balaban J connectivity index is 1.63. The molecule has 174 valence electrons. The Morgan fingerprint density at radius 1 is 0.941 bits per heavy atom. The summed E-state index contributed by atoms with van der Waals surface area (Å²) in [5, 5.41) is 0. The lowest BCUT2D eigenvalue weighted by molar-refractivity contribution is 0.122. The lowest BCUT2D eigenvalue weighted by Crippen LogP contribution is -2.37. The van der Waals surface area contributed by atoms with Crippen LogP contribution in [0.1, 0.15) is 0 Å². The Morgan fingerprint density at radius 2 is 1.65 bits per heavy atom. The zero-order valence-electron chi connectivity index (χ0n) is 18.2. The molecule has 4 aromatic rings. The van der Waals surface area contributed by atoms with Crippen LogP contribution in [0.25, 0.3) is 33.5 Å². The van der Waals surface area contributed by atoms with Crippen LogP contribution in [0.5, 0.6) is 0 Å². The molecule has 12 nitrogen and oxygen atoms in total. The number of nitrogen functional groups attached to an aromatic ring is 1. The molecule has 13 heteroatoms. The summed E-state index contributed by atoms with van der Waals surface area (Å²) in [4.78, 5) is 28.5. The summed E-state index contributed by atoms with van der Waals surface area (Å²) in [7, 11) is -3.43. The van der Waals surface area contributed by atoms with Gasteiger partial charge in [-0.25, -0.2) is 28.4 Å². The van der Waals surface area contributed by atoms with Gasteiger partial charge < -0.3 is 15.4 Å². The quantitative estimate of drug-likeness (QED) is 0.424. The number of pyridine rings is 2. The van der Waals surface area contributed by atoms with Crippen LogP contribution < -0.4 is 15.4 Å². The first-order valence-corrected chi connectivity index (χ1v) is 12.3. The second-order valence-corrected chi connectivity index (χ2v) is 9.48. The molecule has 0 aromatic carbocycles. The van der Waals surface area contributed by atoms with Gasteiger partial charge in [0, 0.05) is 49.0 Å². The topological polar surface area (TPSA) is 162 Å². The molecule has 0 bridgehead atoms. The molecule has 1 aliphatic heterocycles. The predicted molar refractivity (Wildman–Crippen MR) is 128 cm³/mol. The van der Waals surface area contributed by atoms with Gasteiger partial charge in [-0.05, 0) is 12.1 Å². The maximum atomic E-state index is 11.6. The highest BCUT2D eigenvalue weighted by atomic mass is 32.2. The number of nitrogens with zero attached hydrogens (tertiary/aromatic N) is 7. The van der Waals surface area contributed by atoms with Gasteiger partial charge in [0.15, 0.2) is 11.6 Å². The SMILES string of the molecule is CS(=O)(=O)Nc1cncc(-c2cnc3c(N4CCOCC4)nc(-c4cnc(N)nc4)nc3c2)c1. The number of nitrogens with two attached hydrogens (primary N) is 1. The van der Waals surface area contributed by atoms with E-state index in [-0.39, 0.29) is 5.95 Å². The minimum atomic E-state index is -3.43. The second kappa shape index (κ2) is 8.76. The molecule has 0 atom stereocenters. The van der Waals surface area contributed by atoms with Crippen molar-refractivity contribution < 1.29 is 13.2 Å². The van der Waals surface area contributed by atoms with Crippen molar-refractivity contribution in [1.82, 2.24) is 29.9 Å². The molecule has 4 aromatic heterocycles. The number of ether oxygens (including phenoxy) is 1. The van der Waals surface area contributed by atoms with E-state index in [2.05, 4.69) is 29.6 Å². The molecule has 1 aliphatic rings. The van der Waals surface area contributed by atoms with Gasteiger partial charge in [0.25, 0.3) is 0 Å². The maximum absolute atomic E-state index is 11.6. The van der Waals surface area contributed by atoms with E-state index in [9.17, 15) is 8.42 Å². The average Bonchev–Trinajstić information content (AvgIpc) is 2.83. The van der Waals surface area contributed by atoms with E-state index >= 15 is 0 Å².